The standard InChI is InChI=1S/C17H19F2NS/c1-3-20-17(13-4-9-16(19)12(2)10-13)11-21-15-7-5-14(18)6-8-15/h4-10,17,20H,3,11H2,1-2H3. The average molecular weight is 307 g/mol. The van der Waals surface area contributed by atoms with Gasteiger partial charge in [-0.25, -0.2) is 8.78 Å². The van der Waals surface area contributed by atoms with E-state index in [9.17, 15) is 8.78 Å². The lowest BCUT2D eigenvalue weighted by Crippen LogP contribution is -2.23. The van der Waals surface area contributed by atoms with Gasteiger partial charge in [0.05, 0.1) is 0 Å². The quantitative estimate of drug-likeness (QED) is 0.775. The van der Waals surface area contributed by atoms with Crippen molar-refractivity contribution >= 4 is 11.8 Å². The highest BCUT2D eigenvalue weighted by Crippen LogP contribution is 2.26. The van der Waals surface area contributed by atoms with E-state index in [1.54, 1.807) is 30.8 Å². The number of rotatable bonds is 6. The molecular formula is C17H19F2NS. The van der Waals surface area contributed by atoms with E-state index in [2.05, 4.69) is 5.32 Å². The Morgan fingerprint density at radius 1 is 1.10 bits per heavy atom. The molecular weight excluding hydrogens is 288 g/mol. The number of halogens is 2. The Balaban J connectivity index is 2.07. The van der Waals surface area contributed by atoms with Crippen molar-refractivity contribution in [3.63, 3.8) is 0 Å². The second-order valence-corrected chi connectivity index (χ2v) is 5.98. The van der Waals surface area contributed by atoms with E-state index in [-0.39, 0.29) is 17.7 Å². The highest BCUT2D eigenvalue weighted by atomic mass is 32.2. The van der Waals surface area contributed by atoms with E-state index >= 15 is 0 Å². The molecule has 2 aromatic carbocycles. The van der Waals surface area contributed by atoms with Gasteiger partial charge in [0.2, 0.25) is 0 Å². The van der Waals surface area contributed by atoms with E-state index in [1.807, 2.05) is 19.1 Å². The largest absolute Gasteiger partial charge is 0.309 e. The predicted octanol–water partition coefficient (Wildman–Crippen LogP) is 4.72. The molecule has 0 amide bonds. The van der Waals surface area contributed by atoms with Crippen molar-refractivity contribution in [2.45, 2.75) is 24.8 Å². The van der Waals surface area contributed by atoms with Crippen molar-refractivity contribution in [3.05, 3.63) is 65.2 Å². The average Bonchev–Trinajstić information content (AvgIpc) is 2.48. The molecule has 21 heavy (non-hydrogen) atoms. The van der Waals surface area contributed by atoms with Gasteiger partial charge in [0.15, 0.2) is 0 Å². The normalized spacial score (nSPS) is 12.4. The van der Waals surface area contributed by atoms with Gasteiger partial charge in [-0.05, 0) is 54.9 Å². The lowest BCUT2D eigenvalue weighted by molar-refractivity contribution is 0.594. The van der Waals surface area contributed by atoms with Crippen LogP contribution in [0, 0.1) is 18.6 Å². The molecule has 2 aromatic rings. The molecule has 0 aromatic heterocycles. The molecule has 112 valence electrons. The molecule has 1 atom stereocenters. The van der Waals surface area contributed by atoms with Gasteiger partial charge in [0, 0.05) is 16.7 Å². The van der Waals surface area contributed by atoms with Crippen LogP contribution in [0.4, 0.5) is 8.78 Å². The van der Waals surface area contributed by atoms with Gasteiger partial charge in [0.25, 0.3) is 0 Å². The SMILES string of the molecule is CCNC(CSc1ccc(F)cc1)c1ccc(F)c(C)c1. The third-order valence-electron chi connectivity index (χ3n) is 3.27. The second-order valence-electron chi connectivity index (χ2n) is 4.88. The number of hydrogen-bond acceptors (Lipinski definition) is 2. The van der Waals surface area contributed by atoms with E-state index in [1.165, 1.54) is 18.2 Å². The summed E-state index contributed by atoms with van der Waals surface area (Å²) >= 11 is 1.66. The van der Waals surface area contributed by atoms with Crippen molar-refractivity contribution < 1.29 is 8.78 Å². The summed E-state index contributed by atoms with van der Waals surface area (Å²) in [5.74, 6) is 0.404. The first-order valence-electron chi connectivity index (χ1n) is 6.98. The van der Waals surface area contributed by atoms with Crippen molar-refractivity contribution in [1.82, 2.24) is 5.32 Å². The van der Waals surface area contributed by atoms with Crippen LogP contribution in [-0.2, 0) is 0 Å². The van der Waals surface area contributed by atoms with Crippen LogP contribution in [0.15, 0.2) is 47.4 Å². The van der Waals surface area contributed by atoms with Crippen LogP contribution in [-0.4, -0.2) is 12.3 Å². The first-order chi connectivity index (χ1) is 10.1. The number of benzene rings is 2. The molecule has 1 unspecified atom stereocenters. The number of nitrogens with one attached hydrogen (secondary N) is 1. The van der Waals surface area contributed by atoms with Gasteiger partial charge in [-0.3, -0.25) is 0 Å². The zero-order valence-electron chi connectivity index (χ0n) is 12.2. The van der Waals surface area contributed by atoms with Gasteiger partial charge in [-0.15, -0.1) is 11.8 Å². The van der Waals surface area contributed by atoms with Crippen LogP contribution in [0.5, 0.6) is 0 Å². The van der Waals surface area contributed by atoms with E-state index in [0.717, 1.165) is 22.8 Å². The lowest BCUT2D eigenvalue weighted by Gasteiger charge is -2.18. The Kier molecular flexibility index (Phi) is 5.76. The highest BCUT2D eigenvalue weighted by Gasteiger charge is 2.12. The summed E-state index contributed by atoms with van der Waals surface area (Å²) in [5, 5.41) is 3.41. The Labute approximate surface area is 128 Å². The molecule has 2 rings (SSSR count). The Morgan fingerprint density at radius 2 is 1.81 bits per heavy atom. The van der Waals surface area contributed by atoms with Crippen molar-refractivity contribution in [1.29, 1.82) is 0 Å². The fourth-order valence-electron chi connectivity index (χ4n) is 2.11. The smallest absolute Gasteiger partial charge is 0.126 e. The summed E-state index contributed by atoms with van der Waals surface area (Å²) in [6.45, 7) is 4.66. The molecule has 1 N–H and O–H groups in total. The third kappa shape index (κ3) is 4.55. The van der Waals surface area contributed by atoms with Gasteiger partial charge in [-0.1, -0.05) is 19.1 Å². The lowest BCUT2D eigenvalue weighted by atomic mass is 10.1. The molecule has 0 saturated heterocycles. The molecule has 0 aliphatic carbocycles. The predicted molar refractivity (Wildman–Crippen MR) is 84.7 cm³/mol. The molecule has 0 saturated carbocycles. The van der Waals surface area contributed by atoms with Crippen LogP contribution in [0.2, 0.25) is 0 Å². The van der Waals surface area contributed by atoms with Gasteiger partial charge in [0.1, 0.15) is 11.6 Å². The third-order valence-corrected chi connectivity index (χ3v) is 4.37. The van der Waals surface area contributed by atoms with Crippen molar-refractivity contribution in [2.24, 2.45) is 0 Å². The maximum Gasteiger partial charge on any atom is 0.126 e. The molecule has 0 radical (unpaired) electrons. The molecule has 0 spiro atoms. The summed E-state index contributed by atoms with van der Waals surface area (Å²) in [7, 11) is 0. The number of aryl methyl sites for hydroxylation is 1. The van der Waals surface area contributed by atoms with E-state index in [0.29, 0.717) is 5.56 Å². The van der Waals surface area contributed by atoms with Crippen LogP contribution in [0.1, 0.15) is 24.1 Å². The van der Waals surface area contributed by atoms with Crippen LogP contribution < -0.4 is 5.32 Å². The summed E-state index contributed by atoms with van der Waals surface area (Å²) in [6.07, 6.45) is 0. The van der Waals surface area contributed by atoms with Crippen LogP contribution in [0.3, 0.4) is 0 Å². The molecule has 0 aliphatic rings. The fraction of sp³-hybridized carbons (Fsp3) is 0.294. The minimum atomic E-state index is -0.225. The minimum Gasteiger partial charge on any atom is -0.309 e. The minimum absolute atomic E-state index is 0.143. The van der Waals surface area contributed by atoms with Crippen molar-refractivity contribution in [2.75, 3.05) is 12.3 Å². The van der Waals surface area contributed by atoms with E-state index in [4.69, 9.17) is 0 Å². The Hall–Kier alpha value is -1.39. The summed E-state index contributed by atoms with van der Waals surface area (Å²) in [5.41, 5.74) is 1.73. The Bertz CT molecular complexity index is 584. The fourth-order valence-corrected chi connectivity index (χ4v) is 3.11. The highest BCUT2D eigenvalue weighted by molar-refractivity contribution is 7.99. The zero-order valence-corrected chi connectivity index (χ0v) is 13.0. The number of hydrogen-bond donors (Lipinski definition) is 1. The molecule has 0 aliphatic heterocycles. The molecule has 0 fully saturated rings. The second kappa shape index (κ2) is 7.57. The summed E-state index contributed by atoms with van der Waals surface area (Å²) < 4.78 is 26.3. The molecule has 0 bridgehead atoms. The van der Waals surface area contributed by atoms with Crippen molar-refractivity contribution in [3.8, 4) is 0 Å². The monoisotopic (exact) mass is 307 g/mol. The maximum absolute atomic E-state index is 13.4. The van der Waals surface area contributed by atoms with Crippen LogP contribution in [0.25, 0.3) is 0 Å². The summed E-state index contributed by atoms with van der Waals surface area (Å²) in [4.78, 5) is 1.03. The first-order valence-corrected chi connectivity index (χ1v) is 7.96. The summed E-state index contributed by atoms with van der Waals surface area (Å²) in [6, 6.07) is 11.8. The molecule has 4 heteroatoms. The Morgan fingerprint density at radius 3 is 2.43 bits per heavy atom. The zero-order chi connectivity index (χ0) is 15.2. The molecule has 0 heterocycles. The topological polar surface area (TPSA) is 12.0 Å². The maximum atomic E-state index is 13.4. The molecule has 1 nitrogen and oxygen atoms in total. The van der Waals surface area contributed by atoms with E-state index < -0.39 is 0 Å². The number of thioether (sulfide) groups is 1. The van der Waals surface area contributed by atoms with Gasteiger partial charge in [-0.2, -0.15) is 0 Å². The first kappa shape index (κ1) is 16.0. The van der Waals surface area contributed by atoms with Gasteiger partial charge < -0.3 is 5.32 Å². The van der Waals surface area contributed by atoms with Crippen LogP contribution >= 0.6 is 11.8 Å². The van der Waals surface area contributed by atoms with Gasteiger partial charge >= 0.3 is 0 Å².